The molecule has 1 aliphatic rings. The molecule has 0 aliphatic heterocycles. The SMILES string of the molecule is CC(C)c1c(F)cc(-c2n[nH]c(=O)o2)cc1N[C@@H](C)C1CCC(N)CC1. The van der Waals surface area contributed by atoms with Gasteiger partial charge in [0.1, 0.15) is 5.82 Å². The first-order chi connectivity index (χ1) is 12.3. The maximum atomic E-state index is 14.8. The molecular formula is C19H27FN4O2. The molecule has 0 amide bonds. The number of benzene rings is 1. The van der Waals surface area contributed by atoms with E-state index in [1.807, 2.05) is 19.9 Å². The molecule has 2 aromatic rings. The van der Waals surface area contributed by atoms with Gasteiger partial charge in [0, 0.05) is 28.9 Å². The first-order valence-electron chi connectivity index (χ1n) is 9.26. The van der Waals surface area contributed by atoms with Crippen molar-refractivity contribution in [3.63, 3.8) is 0 Å². The Morgan fingerprint density at radius 1 is 1.27 bits per heavy atom. The molecule has 1 aromatic heterocycles. The molecule has 26 heavy (non-hydrogen) atoms. The van der Waals surface area contributed by atoms with E-state index in [0.29, 0.717) is 23.1 Å². The average molecular weight is 362 g/mol. The molecule has 7 heteroatoms. The van der Waals surface area contributed by atoms with Crippen LogP contribution in [-0.4, -0.2) is 22.3 Å². The molecule has 0 unspecified atom stereocenters. The highest BCUT2D eigenvalue weighted by molar-refractivity contribution is 5.66. The summed E-state index contributed by atoms with van der Waals surface area (Å²) >= 11 is 0. The smallest absolute Gasteiger partial charge is 0.388 e. The minimum Gasteiger partial charge on any atom is -0.388 e. The summed E-state index contributed by atoms with van der Waals surface area (Å²) in [6.07, 6.45) is 4.20. The molecular weight excluding hydrogens is 335 g/mol. The van der Waals surface area contributed by atoms with Crippen LogP contribution in [0.2, 0.25) is 0 Å². The maximum absolute atomic E-state index is 14.8. The number of halogens is 1. The third-order valence-electron chi connectivity index (χ3n) is 5.30. The van der Waals surface area contributed by atoms with E-state index >= 15 is 0 Å². The van der Waals surface area contributed by atoms with E-state index in [2.05, 4.69) is 22.4 Å². The minimum atomic E-state index is -0.658. The van der Waals surface area contributed by atoms with Crippen LogP contribution in [0, 0.1) is 11.7 Å². The van der Waals surface area contributed by atoms with E-state index in [-0.39, 0.29) is 23.7 Å². The van der Waals surface area contributed by atoms with E-state index in [1.165, 1.54) is 6.07 Å². The second-order valence-electron chi connectivity index (χ2n) is 7.60. The number of anilines is 1. The van der Waals surface area contributed by atoms with Crippen molar-refractivity contribution in [2.45, 2.75) is 64.5 Å². The van der Waals surface area contributed by atoms with Gasteiger partial charge in [0.2, 0.25) is 5.89 Å². The number of nitrogens with two attached hydrogens (primary N) is 1. The third-order valence-corrected chi connectivity index (χ3v) is 5.30. The molecule has 3 rings (SSSR count). The number of aromatic nitrogens is 2. The normalized spacial score (nSPS) is 21.8. The van der Waals surface area contributed by atoms with Gasteiger partial charge in [-0.25, -0.2) is 14.3 Å². The van der Waals surface area contributed by atoms with Crippen molar-refractivity contribution in [3.05, 3.63) is 34.1 Å². The van der Waals surface area contributed by atoms with Gasteiger partial charge in [0.25, 0.3) is 0 Å². The lowest BCUT2D eigenvalue weighted by Crippen LogP contribution is -2.34. The molecule has 0 bridgehead atoms. The Bertz CT molecular complexity index is 806. The summed E-state index contributed by atoms with van der Waals surface area (Å²) in [7, 11) is 0. The highest BCUT2D eigenvalue weighted by Gasteiger charge is 2.25. The summed E-state index contributed by atoms with van der Waals surface area (Å²) in [6, 6.07) is 3.67. The summed E-state index contributed by atoms with van der Waals surface area (Å²) in [5.41, 5.74) is 7.80. The molecule has 6 nitrogen and oxygen atoms in total. The fourth-order valence-electron chi connectivity index (χ4n) is 3.81. The topological polar surface area (TPSA) is 96.9 Å². The molecule has 1 aliphatic carbocycles. The minimum absolute atomic E-state index is 0.0183. The maximum Gasteiger partial charge on any atom is 0.434 e. The molecule has 0 saturated heterocycles. The van der Waals surface area contributed by atoms with Crippen LogP contribution in [0.15, 0.2) is 21.3 Å². The summed E-state index contributed by atoms with van der Waals surface area (Å²) in [4.78, 5) is 11.2. The summed E-state index contributed by atoms with van der Waals surface area (Å²) in [5, 5.41) is 9.52. The third kappa shape index (κ3) is 3.98. The second-order valence-corrected chi connectivity index (χ2v) is 7.60. The molecule has 0 spiro atoms. The molecule has 1 fully saturated rings. The number of rotatable bonds is 5. The van der Waals surface area contributed by atoms with Crippen LogP contribution < -0.4 is 16.8 Å². The van der Waals surface area contributed by atoms with Gasteiger partial charge in [-0.05, 0) is 56.6 Å². The van der Waals surface area contributed by atoms with Crippen molar-refractivity contribution in [1.82, 2.24) is 10.2 Å². The Kier molecular flexibility index (Phi) is 5.46. The summed E-state index contributed by atoms with van der Waals surface area (Å²) < 4.78 is 19.8. The predicted octanol–water partition coefficient (Wildman–Crippen LogP) is 3.61. The quantitative estimate of drug-likeness (QED) is 0.755. The number of hydrogen-bond acceptors (Lipinski definition) is 5. The van der Waals surface area contributed by atoms with Gasteiger partial charge < -0.3 is 15.5 Å². The molecule has 0 radical (unpaired) electrons. The molecule has 1 heterocycles. The lowest BCUT2D eigenvalue weighted by atomic mass is 9.82. The van der Waals surface area contributed by atoms with Crippen LogP contribution in [0.25, 0.3) is 11.5 Å². The van der Waals surface area contributed by atoms with Gasteiger partial charge in [0.05, 0.1) is 0 Å². The monoisotopic (exact) mass is 362 g/mol. The number of hydrogen-bond donors (Lipinski definition) is 3. The lowest BCUT2D eigenvalue weighted by Gasteiger charge is -2.32. The standard InChI is InChI=1S/C19H27FN4O2/c1-10(2)17-15(20)8-13(18-23-24-19(25)26-18)9-16(17)22-11(3)12-4-6-14(21)7-5-12/h8-12,14,22H,4-7,21H2,1-3H3,(H,24,25)/t11-,12?,14?/m0/s1. The van der Waals surface area contributed by atoms with E-state index in [9.17, 15) is 9.18 Å². The van der Waals surface area contributed by atoms with Crippen LogP contribution in [0.5, 0.6) is 0 Å². The zero-order valence-electron chi connectivity index (χ0n) is 15.5. The Hall–Kier alpha value is -2.15. The Labute approximate surface area is 152 Å². The van der Waals surface area contributed by atoms with Gasteiger partial charge >= 0.3 is 5.76 Å². The second kappa shape index (κ2) is 7.61. The zero-order valence-corrected chi connectivity index (χ0v) is 15.5. The zero-order chi connectivity index (χ0) is 18.8. The highest BCUT2D eigenvalue weighted by Crippen LogP contribution is 2.34. The van der Waals surface area contributed by atoms with E-state index in [1.54, 1.807) is 0 Å². The van der Waals surface area contributed by atoms with Gasteiger partial charge in [-0.1, -0.05) is 13.8 Å². The molecule has 1 saturated carbocycles. The number of H-pyrrole nitrogens is 1. The van der Waals surface area contributed by atoms with Crippen molar-refractivity contribution in [2.24, 2.45) is 11.7 Å². The van der Waals surface area contributed by atoms with Crippen molar-refractivity contribution in [2.75, 3.05) is 5.32 Å². The first-order valence-corrected chi connectivity index (χ1v) is 9.26. The van der Waals surface area contributed by atoms with Gasteiger partial charge in [0.15, 0.2) is 0 Å². The average Bonchev–Trinajstić information content (AvgIpc) is 3.01. The van der Waals surface area contributed by atoms with Crippen molar-refractivity contribution in [1.29, 1.82) is 0 Å². The van der Waals surface area contributed by atoms with Crippen LogP contribution in [-0.2, 0) is 0 Å². The molecule has 1 aromatic carbocycles. The van der Waals surface area contributed by atoms with E-state index in [4.69, 9.17) is 10.2 Å². The Morgan fingerprint density at radius 2 is 1.96 bits per heavy atom. The van der Waals surface area contributed by atoms with Crippen LogP contribution >= 0.6 is 0 Å². The largest absolute Gasteiger partial charge is 0.434 e. The molecule has 1 atom stereocenters. The Balaban J connectivity index is 1.90. The van der Waals surface area contributed by atoms with Crippen LogP contribution in [0.1, 0.15) is 57.9 Å². The predicted molar refractivity (Wildman–Crippen MR) is 99.6 cm³/mol. The van der Waals surface area contributed by atoms with Gasteiger partial charge in [-0.15, -0.1) is 5.10 Å². The molecule has 142 valence electrons. The van der Waals surface area contributed by atoms with Crippen LogP contribution in [0.3, 0.4) is 0 Å². The van der Waals surface area contributed by atoms with Crippen molar-refractivity contribution < 1.29 is 8.81 Å². The Morgan fingerprint density at radius 3 is 2.54 bits per heavy atom. The van der Waals surface area contributed by atoms with E-state index in [0.717, 1.165) is 31.4 Å². The van der Waals surface area contributed by atoms with Gasteiger partial charge in [-0.3, -0.25) is 0 Å². The fourth-order valence-corrected chi connectivity index (χ4v) is 3.81. The number of nitrogens with one attached hydrogen (secondary N) is 2. The number of nitrogens with zero attached hydrogens (tertiary/aromatic N) is 1. The lowest BCUT2D eigenvalue weighted by molar-refractivity contribution is 0.302. The van der Waals surface area contributed by atoms with E-state index < -0.39 is 5.76 Å². The van der Waals surface area contributed by atoms with Crippen molar-refractivity contribution >= 4 is 5.69 Å². The van der Waals surface area contributed by atoms with Gasteiger partial charge in [-0.2, -0.15) is 0 Å². The molecule has 4 N–H and O–H groups in total. The highest BCUT2D eigenvalue weighted by atomic mass is 19.1. The summed E-state index contributed by atoms with van der Waals surface area (Å²) in [5.74, 6) is -0.378. The van der Waals surface area contributed by atoms with Crippen molar-refractivity contribution in [3.8, 4) is 11.5 Å². The van der Waals surface area contributed by atoms with Crippen LogP contribution in [0.4, 0.5) is 10.1 Å². The first kappa shape index (κ1) is 18.6. The fraction of sp³-hybridized carbons (Fsp3) is 0.579. The summed E-state index contributed by atoms with van der Waals surface area (Å²) in [6.45, 7) is 6.05. The number of aromatic amines is 1.